The number of thiazole rings is 1. The van der Waals surface area contributed by atoms with Gasteiger partial charge in [-0.25, -0.2) is 26.9 Å². The fraction of sp³-hybridized carbons (Fsp3) is 0.158. The van der Waals surface area contributed by atoms with Crippen LogP contribution in [0.4, 0.5) is 8.78 Å². The van der Waals surface area contributed by atoms with Gasteiger partial charge in [0.15, 0.2) is 9.84 Å². The zero-order valence-electron chi connectivity index (χ0n) is 15.3. The molecule has 29 heavy (non-hydrogen) atoms. The highest BCUT2D eigenvalue weighted by atomic mass is 32.2. The lowest BCUT2D eigenvalue weighted by atomic mass is 10.1. The molecular formula is C19H15F2N3O3S2. The van der Waals surface area contributed by atoms with E-state index in [4.69, 9.17) is 4.74 Å². The summed E-state index contributed by atoms with van der Waals surface area (Å²) in [6, 6.07) is 12.7. The number of alkyl halides is 2. The minimum atomic E-state index is -3.36. The number of hydrogen-bond donors (Lipinski definition) is 0. The highest BCUT2D eigenvalue weighted by Crippen LogP contribution is 2.35. The van der Waals surface area contributed by atoms with Gasteiger partial charge in [-0.05, 0) is 30.3 Å². The second-order valence-electron chi connectivity index (χ2n) is 6.27. The van der Waals surface area contributed by atoms with Gasteiger partial charge in [0.1, 0.15) is 17.0 Å². The molecule has 0 unspecified atom stereocenters. The summed E-state index contributed by atoms with van der Waals surface area (Å²) in [6.45, 7) is 0. The van der Waals surface area contributed by atoms with Crippen molar-refractivity contribution < 1.29 is 21.9 Å². The van der Waals surface area contributed by atoms with Crippen LogP contribution in [0.25, 0.3) is 26.6 Å². The Morgan fingerprint density at radius 3 is 2.48 bits per heavy atom. The molecule has 0 saturated carbocycles. The highest BCUT2D eigenvalue weighted by Gasteiger charge is 2.21. The van der Waals surface area contributed by atoms with Crippen molar-refractivity contribution in [3.8, 4) is 22.1 Å². The summed E-state index contributed by atoms with van der Waals surface area (Å²) < 4.78 is 57.5. The molecule has 0 amide bonds. The lowest BCUT2D eigenvalue weighted by molar-refractivity contribution is 0.145. The van der Waals surface area contributed by atoms with E-state index >= 15 is 0 Å². The van der Waals surface area contributed by atoms with E-state index < -0.39 is 22.0 Å². The number of halogens is 2. The van der Waals surface area contributed by atoms with Crippen molar-refractivity contribution in [2.75, 3.05) is 13.4 Å². The van der Waals surface area contributed by atoms with Crippen LogP contribution < -0.4 is 4.74 Å². The van der Waals surface area contributed by atoms with E-state index in [2.05, 4.69) is 10.1 Å². The minimum Gasteiger partial charge on any atom is -0.494 e. The van der Waals surface area contributed by atoms with Crippen molar-refractivity contribution in [3.63, 3.8) is 0 Å². The van der Waals surface area contributed by atoms with Gasteiger partial charge in [0.2, 0.25) is 5.13 Å². The number of hydrogen-bond acceptors (Lipinski definition) is 6. The van der Waals surface area contributed by atoms with Crippen molar-refractivity contribution in [2.24, 2.45) is 0 Å². The maximum atomic E-state index is 13.3. The van der Waals surface area contributed by atoms with Gasteiger partial charge < -0.3 is 4.74 Å². The van der Waals surface area contributed by atoms with Crippen LogP contribution >= 0.6 is 11.3 Å². The third-order valence-corrected chi connectivity index (χ3v) is 6.43. The fourth-order valence-electron chi connectivity index (χ4n) is 2.90. The topological polar surface area (TPSA) is 74.1 Å². The summed E-state index contributed by atoms with van der Waals surface area (Å²) in [5.41, 5.74) is 1.15. The number of fused-ring (bicyclic) bond motifs is 1. The number of nitrogens with zero attached hydrogens (tertiary/aromatic N) is 3. The molecule has 0 fully saturated rings. The third kappa shape index (κ3) is 3.60. The van der Waals surface area contributed by atoms with Crippen LogP contribution in [0.2, 0.25) is 0 Å². The monoisotopic (exact) mass is 435 g/mol. The van der Waals surface area contributed by atoms with Gasteiger partial charge in [-0.3, -0.25) is 0 Å². The van der Waals surface area contributed by atoms with Crippen LogP contribution in [0.1, 0.15) is 12.1 Å². The summed E-state index contributed by atoms with van der Waals surface area (Å²) >= 11 is 1.29. The van der Waals surface area contributed by atoms with E-state index in [0.29, 0.717) is 27.7 Å². The maximum absolute atomic E-state index is 13.3. The molecule has 2 heterocycles. The van der Waals surface area contributed by atoms with E-state index in [9.17, 15) is 17.2 Å². The molecule has 2 aromatic heterocycles. The van der Waals surface area contributed by atoms with Crippen LogP contribution in [0.5, 0.6) is 5.75 Å². The molecule has 0 aliphatic rings. The summed E-state index contributed by atoms with van der Waals surface area (Å²) in [4.78, 5) is 4.67. The van der Waals surface area contributed by atoms with Gasteiger partial charge in [0, 0.05) is 11.8 Å². The predicted molar refractivity (Wildman–Crippen MR) is 107 cm³/mol. The molecule has 0 radical (unpaired) electrons. The first kappa shape index (κ1) is 19.5. The number of aromatic nitrogens is 3. The van der Waals surface area contributed by atoms with Crippen LogP contribution in [-0.2, 0) is 9.84 Å². The normalized spacial score (nSPS) is 12.0. The first-order chi connectivity index (χ1) is 13.8. The first-order valence-electron chi connectivity index (χ1n) is 8.40. The van der Waals surface area contributed by atoms with Crippen LogP contribution in [0.3, 0.4) is 0 Å². The predicted octanol–water partition coefficient (Wildman–Crippen LogP) is 4.50. The Bertz CT molecular complexity index is 1300. The molecule has 4 aromatic rings. The lowest BCUT2D eigenvalue weighted by Gasteiger charge is -2.05. The van der Waals surface area contributed by atoms with E-state index in [0.717, 1.165) is 11.0 Å². The Balaban J connectivity index is 1.88. The van der Waals surface area contributed by atoms with Crippen LogP contribution in [-0.4, -0.2) is 36.5 Å². The average molecular weight is 435 g/mol. The largest absolute Gasteiger partial charge is 0.494 e. The molecule has 150 valence electrons. The van der Waals surface area contributed by atoms with Crippen LogP contribution in [0.15, 0.2) is 53.4 Å². The fourth-order valence-corrected chi connectivity index (χ4v) is 4.48. The molecule has 0 spiro atoms. The molecule has 6 nitrogen and oxygen atoms in total. The van der Waals surface area contributed by atoms with Crippen molar-refractivity contribution in [3.05, 3.63) is 54.2 Å². The van der Waals surface area contributed by atoms with Crippen molar-refractivity contribution in [2.45, 2.75) is 11.3 Å². The molecule has 0 N–H and O–H groups in total. The zero-order chi connectivity index (χ0) is 20.8. The van der Waals surface area contributed by atoms with Crippen LogP contribution in [0, 0.1) is 0 Å². The number of rotatable bonds is 5. The number of para-hydroxylation sites is 1. The SMILES string of the molecule is COc1cccc2sc(-n3nc(C(F)F)cc3-c3ccc(S(C)(=O)=O)cc3)nc12. The van der Waals surface area contributed by atoms with Gasteiger partial charge in [-0.1, -0.05) is 29.5 Å². The lowest BCUT2D eigenvalue weighted by Crippen LogP contribution is -2.00. The Morgan fingerprint density at radius 2 is 1.86 bits per heavy atom. The number of ether oxygens (including phenoxy) is 1. The number of methoxy groups -OCH3 is 1. The van der Waals surface area contributed by atoms with Gasteiger partial charge in [0.25, 0.3) is 6.43 Å². The van der Waals surface area contributed by atoms with Gasteiger partial charge >= 0.3 is 0 Å². The van der Waals surface area contributed by atoms with Gasteiger partial charge in [-0.2, -0.15) is 5.10 Å². The molecule has 0 atom stereocenters. The maximum Gasteiger partial charge on any atom is 0.282 e. The standard InChI is InChI=1S/C19H15F2N3O3S2/c1-27-15-4-3-5-16-17(15)22-19(28-16)24-14(10-13(23-24)18(20)21)11-6-8-12(9-7-11)29(2,25)26/h3-10,18H,1-2H3. The number of sulfone groups is 1. The van der Waals surface area contributed by atoms with Crippen molar-refractivity contribution >= 4 is 31.4 Å². The second kappa shape index (κ2) is 7.20. The Hall–Kier alpha value is -2.85. The minimum absolute atomic E-state index is 0.145. The molecule has 10 heteroatoms. The molecule has 0 saturated heterocycles. The Labute approximate surface area is 169 Å². The van der Waals surface area contributed by atoms with E-state index in [1.165, 1.54) is 41.3 Å². The molecule has 4 rings (SSSR count). The summed E-state index contributed by atoms with van der Waals surface area (Å²) in [5, 5.41) is 4.44. The van der Waals surface area contributed by atoms with Gasteiger partial charge in [-0.15, -0.1) is 0 Å². The van der Waals surface area contributed by atoms with Crippen molar-refractivity contribution in [1.29, 1.82) is 0 Å². The third-order valence-electron chi connectivity index (χ3n) is 4.30. The average Bonchev–Trinajstić information content (AvgIpc) is 3.31. The first-order valence-corrected chi connectivity index (χ1v) is 11.1. The Kier molecular flexibility index (Phi) is 4.83. The molecule has 2 aromatic carbocycles. The molecule has 0 bridgehead atoms. The summed E-state index contributed by atoms with van der Waals surface area (Å²) in [5.74, 6) is 0.574. The summed E-state index contributed by atoms with van der Waals surface area (Å²) in [7, 11) is -1.83. The second-order valence-corrected chi connectivity index (χ2v) is 9.29. The van der Waals surface area contributed by atoms with E-state index in [1.807, 2.05) is 12.1 Å². The van der Waals surface area contributed by atoms with E-state index in [1.54, 1.807) is 18.2 Å². The summed E-state index contributed by atoms with van der Waals surface area (Å²) in [6.07, 6.45) is -1.65. The van der Waals surface area contributed by atoms with Crippen molar-refractivity contribution in [1.82, 2.24) is 14.8 Å². The highest BCUT2D eigenvalue weighted by molar-refractivity contribution is 7.90. The molecule has 0 aliphatic carbocycles. The quantitative estimate of drug-likeness (QED) is 0.462. The Morgan fingerprint density at radius 1 is 1.14 bits per heavy atom. The molecular weight excluding hydrogens is 420 g/mol. The van der Waals surface area contributed by atoms with Gasteiger partial charge in [0.05, 0.1) is 22.4 Å². The smallest absolute Gasteiger partial charge is 0.282 e. The number of benzene rings is 2. The zero-order valence-corrected chi connectivity index (χ0v) is 17.0. The molecule has 0 aliphatic heterocycles. The van der Waals surface area contributed by atoms with E-state index in [-0.39, 0.29) is 4.90 Å².